The van der Waals surface area contributed by atoms with E-state index in [0.29, 0.717) is 6.07 Å². The van der Waals surface area contributed by atoms with Gasteiger partial charge in [0.1, 0.15) is 5.69 Å². The Balaban J connectivity index is 3.40. The Morgan fingerprint density at radius 2 is 1.86 bits per heavy atom. The SMILES string of the molecule is COc1c(F)cc(N(F)Br)c(F)c1F. The molecule has 0 spiro atoms. The number of halogens is 5. The summed E-state index contributed by atoms with van der Waals surface area (Å²) in [6.45, 7) is 0. The Kier molecular flexibility index (Phi) is 3.20. The van der Waals surface area contributed by atoms with E-state index in [1.165, 1.54) is 0 Å². The number of methoxy groups -OCH3 is 1. The second-order valence-electron chi connectivity index (χ2n) is 2.27. The topological polar surface area (TPSA) is 12.5 Å². The van der Waals surface area contributed by atoms with Gasteiger partial charge in [-0.3, -0.25) is 0 Å². The molecule has 0 radical (unpaired) electrons. The van der Waals surface area contributed by atoms with E-state index >= 15 is 0 Å². The highest BCUT2D eigenvalue weighted by Gasteiger charge is 2.22. The smallest absolute Gasteiger partial charge is 0.205 e. The molecule has 0 aromatic heterocycles. The Labute approximate surface area is 85.3 Å². The molecular formula is C7H4BrF4NO. The van der Waals surface area contributed by atoms with Gasteiger partial charge in [0.25, 0.3) is 0 Å². The van der Waals surface area contributed by atoms with E-state index in [2.05, 4.69) is 20.9 Å². The fourth-order valence-electron chi connectivity index (χ4n) is 0.876. The van der Waals surface area contributed by atoms with Crippen LogP contribution in [0.3, 0.4) is 0 Å². The van der Waals surface area contributed by atoms with Crippen LogP contribution in [0.4, 0.5) is 23.3 Å². The normalized spacial score (nSPS) is 10.1. The van der Waals surface area contributed by atoms with Crippen molar-refractivity contribution in [1.82, 2.24) is 0 Å². The van der Waals surface area contributed by atoms with Crippen molar-refractivity contribution in [2.75, 3.05) is 11.3 Å². The summed E-state index contributed by atoms with van der Waals surface area (Å²) in [4.78, 5) is 0. The molecule has 1 aromatic rings. The van der Waals surface area contributed by atoms with Crippen LogP contribution in [0.5, 0.6) is 5.75 Å². The molecule has 78 valence electrons. The van der Waals surface area contributed by atoms with Gasteiger partial charge in [0.05, 0.1) is 23.3 Å². The standard InChI is InChI=1S/C7H4BrF4NO/c1-14-7-3(9)2-4(13(8)12)5(10)6(7)11/h2H,1H3. The molecule has 0 saturated heterocycles. The molecule has 0 amide bonds. The number of rotatable bonds is 2. The van der Waals surface area contributed by atoms with E-state index in [9.17, 15) is 17.7 Å². The molecule has 0 saturated carbocycles. The third-order valence-electron chi connectivity index (χ3n) is 1.48. The molecular weight excluding hydrogens is 270 g/mol. The van der Waals surface area contributed by atoms with Crippen LogP contribution in [-0.4, -0.2) is 7.11 Å². The summed E-state index contributed by atoms with van der Waals surface area (Å²) >= 11 is 2.20. The van der Waals surface area contributed by atoms with Gasteiger partial charge in [-0.05, 0) is 0 Å². The minimum Gasteiger partial charge on any atom is -0.491 e. The molecule has 2 nitrogen and oxygen atoms in total. The number of hydrogen-bond donors (Lipinski definition) is 0. The van der Waals surface area contributed by atoms with Crippen LogP contribution in [0.1, 0.15) is 0 Å². The van der Waals surface area contributed by atoms with Crippen LogP contribution in [0.25, 0.3) is 0 Å². The van der Waals surface area contributed by atoms with Gasteiger partial charge in [-0.15, -0.1) is 4.15 Å². The first-order valence-corrected chi connectivity index (χ1v) is 4.03. The summed E-state index contributed by atoms with van der Waals surface area (Å²) in [6.07, 6.45) is 0. The lowest BCUT2D eigenvalue weighted by atomic mass is 10.2. The maximum absolute atomic E-state index is 12.9. The van der Waals surface area contributed by atoms with Crippen LogP contribution in [-0.2, 0) is 0 Å². The number of hydrogen-bond acceptors (Lipinski definition) is 2. The van der Waals surface area contributed by atoms with Crippen LogP contribution >= 0.6 is 16.1 Å². The zero-order valence-electron chi connectivity index (χ0n) is 6.82. The molecule has 0 aliphatic carbocycles. The van der Waals surface area contributed by atoms with Crippen molar-refractivity contribution in [3.05, 3.63) is 23.5 Å². The molecule has 0 N–H and O–H groups in total. The third-order valence-corrected chi connectivity index (χ3v) is 1.87. The Morgan fingerprint density at radius 3 is 2.29 bits per heavy atom. The van der Waals surface area contributed by atoms with Gasteiger partial charge in [0.15, 0.2) is 17.4 Å². The van der Waals surface area contributed by atoms with E-state index in [1.807, 2.05) is 0 Å². The molecule has 14 heavy (non-hydrogen) atoms. The molecule has 0 fully saturated rings. The van der Waals surface area contributed by atoms with Crippen molar-refractivity contribution >= 4 is 21.8 Å². The van der Waals surface area contributed by atoms with Gasteiger partial charge >= 0.3 is 0 Å². The van der Waals surface area contributed by atoms with Crippen molar-refractivity contribution in [2.45, 2.75) is 0 Å². The van der Waals surface area contributed by atoms with Gasteiger partial charge in [-0.2, -0.15) is 4.39 Å². The first-order valence-electron chi connectivity index (χ1n) is 3.32. The van der Waals surface area contributed by atoms with Gasteiger partial charge in [-0.25, -0.2) is 8.78 Å². The second kappa shape index (κ2) is 4.04. The first kappa shape index (κ1) is 11.1. The average Bonchev–Trinajstić information content (AvgIpc) is 2.12. The second-order valence-corrected chi connectivity index (χ2v) is 2.89. The minimum atomic E-state index is -1.58. The van der Waals surface area contributed by atoms with Crippen LogP contribution in [0.2, 0.25) is 0 Å². The molecule has 0 aliphatic heterocycles. The molecule has 1 rings (SSSR count). The Hall–Kier alpha value is -0.980. The lowest BCUT2D eigenvalue weighted by Gasteiger charge is -2.09. The summed E-state index contributed by atoms with van der Waals surface area (Å²) in [5.41, 5.74) is -0.902. The third kappa shape index (κ3) is 1.77. The molecule has 0 heterocycles. The predicted molar refractivity (Wildman–Crippen MR) is 45.4 cm³/mol. The largest absolute Gasteiger partial charge is 0.491 e. The van der Waals surface area contributed by atoms with E-state index in [1.54, 1.807) is 0 Å². The van der Waals surface area contributed by atoms with Crippen molar-refractivity contribution in [3.8, 4) is 5.75 Å². The van der Waals surface area contributed by atoms with Crippen molar-refractivity contribution in [2.24, 2.45) is 0 Å². The van der Waals surface area contributed by atoms with E-state index < -0.39 is 33.0 Å². The summed E-state index contributed by atoms with van der Waals surface area (Å²) in [5.74, 6) is -5.20. The Morgan fingerprint density at radius 1 is 1.29 bits per heavy atom. The summed E-state index contributed by atoms with van der Waals surface area (Å²) in [5, 5.41) is 0. The monoisotopic (exact) mass is 273 g/mol. The molecule has 0 bridgehead atoms. The number of benzene rings is 1. The van der Waals surface area contributed by atoms with Gasteiger partial charge in [-0.1, -0.05) is 4.48 Å². The fourth-order valence-corrected chi connectivity index (χ4v) is 1.13. The number of nitrogens with zero attached hydrogens (tertiary/aromatic N) is 1. The van der Waals surface area contributed by atoms with Crippen LogP contribution < -0.4 is 8.88 Å². The van der Waals surface area contributed by atoms with Crippen LogP contribution in [0.15, 0.2) is 6.07 Å². The number of ether oxygens (including phenoxy) is 1. The maximum Gasteiger partial charge on any atom is 0.205 e. The van der Waals surface area contributed by atoms with Gasteiger partial charge in [0.2, 0.25) is 5.82 Å². The number of anilines is 1. The molecule has 7 heteroatoms. The quantitative estimate of drug-likeness (QED) is 0.466. The Bertz CT molecular complexity index is 358. The van der Waals surface area contributed by atoms with Crippen molar-refractivity contribution < 1.29 is 22.4 Å². The zero-order valence-corrected chi connectivity index (χ0v) is 8.41. The fraction of sp³-hybridized carbons (Fsp3) is 0.143. The highest BCUT2D eigenvalue weighted by molar-refractivity contribution is 9.10. The van der Waals surface area contributed by atoms with Crippen LogP contribution in [0, 0.1) is 17.5 Å². The highest BCUT2D eigenvalue weighted by atomic mass is 79.9. The van der Waals surface area contributed by atoms with E-state index in [-0.39, 0.29) is 0 Å². The maximum atomic E-state index is 12.9. The summed E-state index contributed by atoms with van der Waals surface area (Å²) < 4.78 is 55.0. The van der Waals surface area contributed by atoms with Gasteiger partial charge in [0, 0.05) is 6.07 Å². The van der Waals surface area contributed by atoms with E-state index in [4.69, 9.17) is 0 Å². The lowest BCUT2D eigenvalue weighted by Crippen LogP contribution is -2.03. The molecule has 0 aliphatic rings. The highest BCUT2D eigenvalue weighted by Crippen LogP contribution is 2.32. The lowest BCUT2D eigenvalue weighted by molar-refractivity contribution is 0.346. The van der Waals surface area contributed by atoms with Crippen molar-refractivity contribution in [3.63, 3.8) is 0 Å². The average molecular weight is 274 g/mol. The zero-order chi connectivity index (χ0) is 10.9. The predicted octanol–water partition coefficient (Wildman–Crippen LogP) is 3.11. The van der Waals surface area contributed by atoms with Crippen molar-refractivity contribution in [1.29, 1.82) is 0 Å². The minimum absolute atomic E-state index is 0.409. The molecule has 1 aromatic carbocycles. The summed E-state index contributed by atoms with van der Waals surface area (Å²) in [6, 6.07) is 0.464. The summed E-state index contributed by atoms with van der Waals surface area (Å²) in [7, 11) is 0.974. The molecule has 0 unspecified atom stereocenters. The van der Waals surface area contributed by atoms with Gasteiger partial charge < -0.3 is 4.74 Å². The van der Waals surface area contributed by atoms with E-state index in [0.717, 1.165) is 7.11 Å². The first-order chi connectivity index (χ1) is 6.49. The molecule has 0 atom stereocenters.